The summed E-state index contributed by atoms with van der Waals surface area (Å²) in [6.07, 6.45) is 0.0479. The zero-order valence-corrected chi connectivity index (χ0v) is 12.4. The summed E-state index contributed by atoms with van der Waals surface area (Å²) < 4.78 is 16.1. The molecule has 110 valence electrons. The molecule has 2 rings (SSSR count). The summed E-state index contributed by atoms with van der Waals surface area (Å²) in [5.74, 6) is 0.988. The maximum Gasteiger partial charge on any atom is 0.258 e. The predicted octanol–water partition coefficient (Wildman–Crippen LogP) is 1.95. The quantitative estimate of drug-likeness (QED) is 0.848. The predicted molar refractivity (Wildman–Crippen MR) is 75.5 cm³/mol. The fourth-order valence-corrected chi connectivity index (χ4v) is 2.40. The minimum absolute atomic E-state index is 0.0479. The lowest BCUT2D eigenvalue weighted by Crippen LogP contribution is -2.50. The molecule has 0 radical (unpaired) electrons. The molecule has 0 saturated carbocycles. The van der Waals surface area contributed by atoms with Crippen molar-refractivity contribution < 1.29 is 19.0 Å². The molecule has 1 saturated heterocycles. The van der Waals surface area contributed by atoms with Crippen molar-refractivity contribution in [3.63, 3.8) is 0 Å². The van der Waals surface area contributed by atoms with Gasteiger partial charge >= 0.3 is 0 Å². The number of para-hydroxylation sites is 1. The summed E-state index contributed by atoms with van der Waals surface area (Å²) in [6, 6.07) is 5.38. The molecule has 1 fully saturated rings. The van der Waals surface area contributed by atoms with Gasteiger partial charge in [0.2, 0.25) is 0 Å². The molecule has 1 aliphatic heterocycles. The minimum atomic E-state index is -0.0524. The van der Waals surface area contributed by atoms with E-state index in [1.54, 1.807) is 32.4 Å². The number of hydrogen-bond acceptors (Lipinski definition) is 4. The van der Waals surface area contributed by atoms with Gasteiger partial charge in [-0.05, 0) is 26.0 Å². The van der Waals surface area contributed by atoms with Gasteiger partial charge in [-0.2, -0.15) is 0 Å². The van der Waals surface area contributed by atoms with E-state index in [-0.39, 0.29) is 18.1 Å². The van der Waals surface area contributed by atoms with Gasteiger partial charge < -0.3 is 19.1 Å². The van der Waals surface area contributed by atoms with Gasteiger partial charge in [0.25, 0.3) is 5.91 Å². The number of benzene rings is 1. The molecule has 0 N–H and O–H groups in total. The summed E-state index contributed by atoms with van der Waals surface area (Å²) in [7, 11) is 3.10. The average molecular weight is 279 g/mol. The van der Waals surface area contributed by atoms with Gasteiger partial charge in [0.15, 0.2) is 11.5 Å². The van der Waals surface area contributed by atoms with Gasteiger partial charge in [-0.1, -0.05) is 6.07 Å². The van der Waals surface area contributed by atoms with E-state index in [0.29, 0.717) is 30.2 Å². The van der Waals surface area contributed by atoms with E-state index >= 15 is 0 Å². The first-order chi connectivity index (χ1) is 9.58. The SMILES string of the molecule is COc1cccc(C(=O)N2CC(C)OCC2C)c1OC. The molecule has 20 heavy (non-hydrogen) atoms. The molecule has 5 nitrogen and oxygen atoms in total. The first-order valence-electron chi connectivity index (χ1n) is 6.72. The molecule has 5 heteroatoms. The maximum atomic E-state index is 12.7. The third-order valence-corrected chi connectivity index (χ3v) is 3.50. The standard InChI is InChI=1S/C15H21NO4/c1-10-9-20-11(2)8-16(10)15(17)12-6-5-7-13(18-3)14(12)19-4/h5-7,10-11H,8-9H2,1-4H3. The zero-order chi connectivity index (χ0) is 14.7. The third kappa shape index (κ3) is 2.72. The summed E-state index contributed by atoms with van der Waals surface area (Å²) in [5, 5.41) is 0. The molecular weight excluding hydrogens is 258 g/mol. The normalized spacial score (nSPS) is 22.5. The fraction of sp³-hybridized carbons (Fsp3) is 0.533. The summed E-state index contributed by atoms with van der Waals surface area (Å²) >= 11 is 0. The number of ether oxygens (including phenoxy) is 3. The number of morpholine rings is 1. The molecule has 1 heterocycles. The van der Waals surface area contributed by atoms with Crippen LogP contribution in [0.5, 0.6) is 11.5 Å². The molecular formula is C15H21NO4. The Morgan fingerprint density at radius 1 is 1.30 bits per heavy atom. The third-order valence-electron chi connectivity index (χ3n) is 3.50. The lowest BCUT2D eigenvalue weighted by Gasteiger charge is -2.37. The second-order valence-corrected chi connectivity index (χ2v) is 4.99. The number of nitrogens with zero attached hydrogens (tertiary/aromatic N) is 1. The van der Waals surface area contributed by atoms with E-state index in [1.807, 2.05) is 18.7 Å². The van der Waals surface area contributed by atoms with Crippen LogP contribution in [-0.2, 0) is 4.74 Å². The number of amides is 1. The second kappa shape index (κ2) is 6.13. The number of carbonyl (C=O) groups excluding carboxylic acids is 1. The highest BCUT2D eigenvalue weighted by atomic mass is 16.5. The second-order valence-electron chi connectivity index (χ2n) is 4.99. The van der Waals surface area contributed by atoms with Crippen LogP contribution >= 0.6 is 0 Å². The van der Waals surface area contributed by atoms with Crippen molar-refractivity contribution in [3.05, 3.63) is 23.8 Å². The van der Waals surface area contributed by atoms with Crippen molar-refractivity contribution in [2.45, 2.75) is 26.0 Å². The molecule has 1 amide bonds. The number of methoxy groups -OCH3 is 2. The van der Waals surface area contributed by atoms with Crippen molar-refractivity contribution in [2.75, 3.05) is 27.4 Å². The Labute approximate surface area is 119 Å². The first-order valence-corrected chi connectivity index (χ1v) is 6.72. The molecule has 0 aliphatic carbocycles. The van der Waals surface area contributed by atoms with E-state index in [9.17, 15) is 4.79 Å². The number of rotatable bonds is 3. The molecule has 1 aliphatic rings. The highest BCUT2D eigenvalue weighted by Crippen LogP contribution is 2.32. The Balaban J connectivity index is 2.33. The molecule has 1 aromatic rings. The Kier molecular flexibility index (Phi) is 4.49. The van der Waals surface area contributed by atoms with Crippen LogP contribution in [0.4, 0.5) is 0 Å². The molecule has 2 unspecified atom stereocenters. The summed E-state index contributed by atoms with van der Waals surface area (Å²) in [6.45, 7) is 5.09. The van der Waals surface area contributed by atoms with Gasteiger partial charge in [0.05, 0.1) is 38.5 Å². The van der Waals surface area contributed by atoms with Crippen LogP contribution in [0, 0.1) is 0 Å². The van der Waals surface area contributed by atoms with Crippen LogP contribution in [0.1, 0.15) is 24.2 Å². The Morgan fingerprint density at radius 3 is 2.70 bits per heavy atom. The molecule has 0 aromatic heterocycles. The smallest absolute Gasteiger partial charge is 0.258 e. The Morgan fingerprint density at radius 2 is 2.05 bits per heavy atom. The largest absolute Gasteiger partial charge is 0.493 e. The monoisotopic (exact) mass is 279 g/mol. The fourth-order valence-electron chi connectivity index (χ4n) is 2.40. The van der Waals surface area contributed by atoms with Crippen molar-refractivity contribution >= 4 is 5.91 Å². The van der Waals surface area contributed by atoms with Gasteiger partial charge in [-0.25, -0.2) is 0 Å². The number of carbonyl (C=O) groups is 1. The van der Waals surface area contributed by atoms with E-state index in [2.05, 4.69) is 0 Å². The van der Waals surface area contributed by atoms with Crippen molar-refractivity contribution in [2.24, 2.45) is 0 Å². The van der Waals surface area contributed by atoms with Gasteiger partial charge in [0, 0.05) is 6.54 Å². The summed E-state index contributed by atoms with van der Waals surface area (Å²) in [5.41, 5.74) is 0.521. The first kappa shape index (κ1) is 14.7. The number of hydrogen-bond donors (Lipinski definition) is 0. The van der Waals surface area contributed by atoms with Crippen LogP contribution in [0.2, 0.25) is 0 Å². The minimum Gasteiger partial charge on any atom is -0.493 e. The lowest BCUT2D eigenvalue weighted by molar-refractivity contribution is -0.0388. The highest BCUT2D eigenvalue weighted by molar-refractivity contribution is 5.98. The van der Waals surface area contributed by atoms with Crippen LogP contribution in [0.15, 0.2) is 18.2 Å². The molecule has 0 spiro atoms. The maximum absolute atomic E-state index is 12.7. The van der Waals surface area contributed by atoms with Crippen molar-refractivity contribution in [1.82, 2.24) is 4.90 Å². The van der Waals surface area contributed by atoms with Crippen LogP contribution < -0.4 is 9.47 Å². The highest BCUT2D eigenvalue weighted by Gasteiger charge is 2.30. The van der Waals surface area contributed by atoms with Crippen molar-refractivity contribution in [1.29, 1.82) is 0 Å². The molecule has 2 atom stereocenters. The van der Waals surface area contributed by atoms with E-state index < -0.39 is 0 Å². The van der Waals surface area contributed by atoms with Crippen molar-refractivity contribution in [3.8, 4) is 11.5 Å². The van der Waals surface area contributed by atoms with Gasteiger partial charge in [0.1, 0.15) is 0 Å². The molecule has 1 aromatic carbocycles. The zero-order valence-electron chi connectivity index (χ0n) is 12.4. The Hall–Kier alpha value is -1.75. The van der Waals surface area contributed by atoms with Crippen LogP contribution in [0.25, 0.3) is 0 Å². The Bertz CT molecular complexity index is 489. The van der Waals surface area contributed by atoms with Crippen LogP contribution in [0.3, 0.4) is 0 Å². The van der Waals surface area contributed by atoms with Crippen LogP contribution in [-0.4, -0.2) is 50.3 Å². The summed E-state index contributed by atoms with van der Waals surface area (Å²) in [4.78, 5) is 14.6. The van der Waals surface area contributed by atoms with E-state index in [4.69, 9.17) is 14.2 Å². The van der Waals surface area contributed by atoms with E-state index in [0.717, 1.165) is 0 Å². The van der Waals surface area contributed by atoms with Gasteiger partial charge in [-0.15, -0.1) is 0 Å². The average Bonchev–Trinajstić information content (AvgIpc) is 2.48. The topological polar surface area (TPSA) is 48.0 Å². The van der Waals surface area contributed by atoms with Gasteiger partial charge in [-0.3, -0.25) is 4.79 Å². The van der Waals surface area contributed by atoms with E-state index in [1.165, 1.54) is 0 Å². The lowest BCUT2D eigenvalue weighted by atomic mass is 10.1. The molecule has 0 bridgehead atoms.